The summed E-state index contributed by atoms with van der Waals surface area (Å²) in [5.41, 5.74) is 3.83. The second-order valence-electron chi connectivity index (χ2n) is 6.36. The molecule has 0 saturated heterocycles. The van der Waals surface area contributed by atoms with Gasteiger partial charge in [0.15, 0.2) is 16.3 Å². The Kier molecular flexibility index (Phi) is 5.41. The summed E-state index contributed by atoms with van der Waals surface area (Å²) >= 11 is 7.51. The molecule has 0 fully saturated rings. The SMILES string of the molecule is Cc1ccccc1CSc1nc2nccnc2c(=O)n1Cc1ccc(Cl)cc1. The van der Waals surface area contributed by atoms with Crippen LogP contribution in [0.4, 0.5) is 0 Å². The first-order valence-electron chi connectivity index (χ1n) is 8.75. The normalized spacial score (nSPS) is 11.1. The maximum atomic E-state index is 13.1. The zero-order valence-corrected chi connectivity index (χ0v) is 16.7. The predicted molar refractivity (Wildman–Crippen MR) is 113 cm³/mol. The van der Waals surface area contributed by atoms with Gasteiger partial charge in [0.1, 0.15) is 0 Å². The fourth-order valence-electron chi connectivity index (χ4n) is 2.87. The molecule has 4 aromatic rings. The van der Waals surface area contributed by atoms with Gasteiger partial charge in [0.25, 0.3) is 5.56 Å². The maximum absolute atomic E-state index is 13.1. The first-order valence-corrected chi connectivity index (χ1v) is 10.1. The van der Waals surface area contributed by atoms with Crippen molar-refractivity contribution in [1.29, 1.82) is 0 Å². The third-order valence-electron chi connectivity index (χ3n) is 4.43. The molecule has 0 atom stereocenters. The summed E-state index contributed by atoms with van der Waals surface area (Å²) in [6, 6.07) is 15.6. The Balaban J connectivity index is 1.75. The second-order valence-corrected chi connectivity index (χ2v) is 7.73. The van der Waals surface area contributed by atoms with Crippen molar-refractivity contribution in [2.45, 2.75) is 24.4 Å². The van der Waals surface area contributed by atoms with E-state index in [4.69, 9.17) is 11.6 Å². The van der Waals surface area contributed by atoms with Crippen molar-refractivity contribution in [3.8, 4) is 0 Å². The van der Waals surface area contributed by atoms with Crippen molar-refractivity contribution in [3.05, 3.63) is 93.0 Å². The Morgan fingerprint density at radius 2 is 1.79 bits per heavy atom. The van der Waals surface area contributed by atoms with Crippen LogP contribution < -0.4 is 5.56 Å². The van der Waals surface area contributed by atoms with Crippen LogP contribution in [0.2, 0.25) is 5.02 Å². The van der Waals surface area contributed by atoms with Crippen LogP contribution in [-0.4, -0.2) is 19.5 Å². The van der Waals surface area contributed by atoms with Crippen molar-refractivity contribution in [3.63, 3.8) is 0 Å². The Hall–Kier alpha value is -2.70. The van der Waals surface area contributed by atoms with E-state index in [1.165, 1.54) is 29.1 Å². The second kappa shape index (κ2) is 8.12. The molecule has 2 aromatic heterocycles. The lowest BCUT2D eigenvalue weighted by atomic mass is 10.1. The number of hydrogen-bond acceptors (Lipinski definition) is 5. The van der Waals surface area contributed by atoms with Gasteiger partial charge in [-0.15, -0.1) is 0 Å². The Bertz CT molecular complexity index is 1190. The van der Waals surface area contributed by atoms with Crippen LogP contribution in [0, 0.1) is 6.92 Å². The highest BCUT2D eigenvalue weighted by molar-refractivity contribution is 7.98. The number of hydrogen-bond donors (Lipinski definition) is 0. The molecule has 7 heteroatoms. The van der Waals surface area contributed by atoms with Crippen molar-refractivity contribution >= 4 is 34.5 Å². The standard InChI is InChI=1S/C21H17ClN4OS/c1-14-4-2-3-5-16(14)13-28-21-25-19-18(23-10-11-24-19)20(27)26(21)12-15-6-8-17(22)9-7-15/h2-11H,12-13H2,1H3. The molecule has 28 heavy (non-hydrogen) atoms. The van der Waals surface area contributed by atoms with Gasteiger partial charge in [-0.25, -0.2) is 15.0 Å². The molecule has 2 heterocycles. The lowest BCUT2D eigenvalue weighted by Crippen LogP contribution is -2.25. The molecule has 0 aliphatic rings. The average Bonchev–Trinajstić information content (AvgIpc) is 2.71. The molecule has 4 rings (SSSR count). The molecule has 0 unspecified atom stereocenters. The van der Waals surface area contributed by atoms with Crippen LogP contribution in [0.5, 0.6) is 0 Å². The van der Waals surface area contributed by atoms with Crippen molar-refractivity contribution < 1.29 is 0 Å². The molecule has 140 valence electrons. The van der Waals surface area contributed by atoms with E-state index in [2.05, 4.69) is 34.0 Å². The minimum atomic E-state index is -0.194. The van der Waals surface area contributed by atoms with Gasteiger partial charge in [0.2, 0.25) is 0 Å². The molecule has 0 saturated carbocycles. The number of benzene rings is 2. The number of fused-ring (bicyclic) bond motifs is 1. The molecule has 0 amide bonds. The van der Waals surface area contributed by atoms with Gasteiger partial charge in [-0.05, 0) is 35.7 Å². The Labute approximate surface area is 171 Å². The highest BCUT2D eigenvalue weighted by atomic mass is 35.5. The smallest absolute Gasteiger partial charge is 0.281 e. The first-order chi connectivity index (χ1) is 13.6. The minimum absolute atomic E-state index is 0.194. The third kappa shape index (κ3) is 3.93. The summed E-state index contributed by atoms with van der Waals surface area (Å²) in [6.45, 7) is 2.47. The Morgan fingerprint density at radius 1 is 1.04 bits per heavy atom. The van der Waals surface area contributed by atoms with Gasteiger partial charge in [-0.2, -0.15) is 0 Å². The van der Waals surface area contributed by atoms with Crippen LogP contribution in [-0.2, 0) is 12.3 Å². The maximum Gasteiger partial charge on any atom is 0.282 e. The first kappa shape index (κ1) is 18.7. The van der Waals surface area contributed by atoms with Crippen molar-refractivity contribution in [1.82, 2.24) is 19.5 Å². The highest BCUT2D eigenvalue weighted by Gasteiger charge is 2.14. The van der Waals surface area contributed by atoms with Gasteiger partial charge in [0, 0.05) is 23.2 Å². The van der Waals surface area contributed by atoms with Gasteiger partial charge >= 0.3 is 0 Å². The van der Waals surface area contributed by atoms with E-state index < -0.39 is 0 Å². The quantitative estimate of drug-likeness (QED) is 0.359. The highest BCUT2D eigenvalue weighted by Crippen LogP contribution is 2.24. The van der Waals surface area contributed by atoms with Crippen LogP contribution in [0.1, 0.15) is 16.7 Å². The van der Waals surface area contributed by atoms with E-state index >= 15 is 0 Å². The fraction of sp³-hybridized carbons (Fsp3) is 0.143. The minimum Gasteiger partial charge on any atom is -0.281 e. The number of nitrogens with zero attached hydrogens (tertiary/aromatic N) is 4. The third-order valence-corrected chi connectivity index (χ3v) is 5.71. The fourth-order valence-corrected chi connectivity index (χ4v) is 4.05. The van der Waals surface area contributed by atoms with E-state index in [9.17, 15) is 4.79 Å². The summed E-state index contributed by atoms with van der Waals surface area (Å²) in [5, 5.41) is 1.28. The lowest BCUT2D eigenvalue weighted by molar-refractivity contribution is 0.654. The summed E-state index contributed by atoms with van der Waals surface area (Å²) in [4.78, 5) is 26.1. The predicted octanol–water partition coefficient (Wildman–Crippen LogP) is 4.49. The molecule has 0 spiro atoms. The van der Waals surface area contributed by atoms with Gasteiger partial charge < -0.3 is 0 Å². The molecular formula is C21H17ClN4OS. The largest absolute Gasteiger partial charge is 0.282 e. The Morgan fingerprint density at radius 3 is 2.57 bits per heavy atom. The van der Waals surface area contributed by atoms with Crippen LogP contribution >= 0.6 is 23.4 Å². The molecule has 0 radical (unpaired) electrons. The van der Waals surface area contributed by atoms with Crippen molar-refractivity contribution in [2.75, 3.05) is 0 Å². The zero-order valence-electron chi connectivity index (χ0n) is 15.2. The summed E-state index contributed by atoms with van der Waals surface area (Å²) in [6.07, 6.45) is 3.06. The number of aryl methyl sites for hydroxylation is 1. The van der Waals surface area contributed by atoms with E-state index in [0.29, 0.717) is 28.1 Å². The monoisotopic (exact) mass is 408 g/mol. The van der Waals surface area contributed by atoms with E-state index in [1.54, 1.807) is 10.8 Å². The molecule has 0 bridgehead atoms. The molecule has 2 aromatic carbocycles. The molecule has 0 aliphatic carbocycles. The topological polar surface area (TPSA) is 60.7 Å². The number of aromatic nitrogens is 4. The average molecular weight is 409 g/mol. The zero-order chi connectivity index (χ0) is 19.5. The van der Waals surface area contributed by atoms with Crippen LogP contribution in [0.3, 0.4) is 0 Å². The summed E-state index contributed by atoms with van der Waals surface area (Å²) < 4.78 is 1.66. The van der Waals surface area contributed by atoms with E-state index in [0.717, 1.165) is 5.56 Å². The molecular weight excluding hydrogens is 392 g/mol. The number of halogens is 1. The van der Waals surface area contributed by atoms with Crippen LogP contribution in [0.15, 0.2) is 70.9 Å². The van der Waals surface area contributed by atoms with Gasteiger partial charge in [0.05, 0.1) is 6.54 Å². The number of rotatable bonds is 5. The number of thioether (sulfide) groups is 1. The summed E-state index contributed by atoms with van der Waals surface area (Å²) in [7, 11) is 0. The van der Waals surface area contributed by atoms with E-state index in [1.807, 2.05) is 36.4 Å². The van der Waals surface area contributed by atoms with Gasteiger partial charge in [-0.1, -0.05) is 59.8 Å². The molecule has 0 N–H and O–H groups in total. The summed E-state index contributed by atoms with van der Waals surface area (Å²) in [5.74, 6) is 0.714. The molecule has 0 aliphatic heterocycles. The van der Waals surface area contributed by atoms with E-state index in [-0.39, 0.29) is 11.1 Å². The molecule has 5 nitrogen and oxygen atoms in total. The van der Waals surface area contributed by atoms with Crippen molar-refractivity contribution in [2.24, 2.45) is 0 Å². The van der Waals surface area contributed by atoms with Gasteiger partial charge in [-0.3, -0.25) is 9.36 Å². The van der Waals surface area contributed by atoms with Crippen LogP contribution in [0.25, 0.3) is 11.2 Å². The lowest BCUT2D eigenvalue weighted by Gasteiger charge is -2.13.